The monoisotopic (exact) mass is 441 g/mol. The molecule has 0 unspecified atom stereocenters. The van der Waals surface area contributed by atoms with E-state index in [0.29, 0.717) is 35.0 Å². The second-order valence-corrected chi connectivity index (χ2v) is 8.08. The summed E-state index contributed by atoms with van der Waals surface area (Å²) >= 11 is 0. The van der Waals surface area contributed by atoms with Crippen LogP contribution >= 0.6 is 0 Å². The van der Waals surface area contributed by atoms with Crippen molar-refractivity contribution in [2.45, 2.75) is 37.8 Å². The molecule has 0 atom stereocenters. The number of H-pyrrole nitrogens is 1. The Morgan fingerprint density at radius 3 is 2.59 bits per heavy atom. The fourth-order valence-corrected chi connectivity index (χ4v) is 3.68. The summed E-state index contributed by atoms with van der Waals surface area (Å²) in [7, 11) is 0. The van der Waals surface area contributed by atoms with E-state index in [1.54, 1.807) is 18.2 Å². The highest BCUT2D eigenvalue weighted by Crippen LogP contribution is 2.39. The molecule has 1 saturated heterocycles. The van der Waals surface area contributed by atoms with Crippen molar-refractivity contribution in [2.75, 3.05) is 23.3 Å². The zero-order chi connectivity index (χ0) is 22.1. The molecule has 0 bridgehead atoms. The number of nitrogens with zero attached hydrogens (tertiary/aromatic N) is 5. The van der Waals surface area contributed by atoms with Crippen molar-refractivity contribution in [3.63, 3.8) is 0 Å². The van der Waals surface area contributed by atoms with Gasteiger partial charge in [0.2, 0.25) is 11.9 Å². The van der Waals surface area contributed by atoms with Gasteiger partial charge < -0.3 is 10.2 Å². The number of aromatic amines is 1. The predicted octanol–water partition coefficient (Wildman–Crippen LogP) is 5.01. The SMILES string of the molecule is FC(F)(F)c1cccc(/C=C/c2nc(Nc3cc(C4CC4)[nH]n3)nc(N3CCCC3)n2)c1. The van der Waals surface area contributed by atoms with Crippen molar-refractivity contribution < 1.29 is 13.2 Å². The maximum Gasteiger partial charge on any atom is 0.416 e. The first-order chi connectivity index (χ1) is 15.4. The van der Waals surface area contributed by atoms with E-state index in [1.807, 2.05) is 6.07 Å². The third-order valence-electron chi connectivity index (χ3n) is 5.52. The number of hydrogen-bond donors (Lipinski definition) is 2. The van der Waals surface area contributed by atoms with Crippen molar-refractivity contribution in [2.24, 2.45) is 0 Å². The number of aromatic nitrogens is 5. The standard InChI is InChI=1S/C22H22F3N7/c23-22(24,25)16-5-3-4-14(12-16)6-9-18-26-20(29-21(28-18)32-10-1-2-11-32)27-19-13-17(30-31-19)15-7-8-15/h3-6,9,12-13,15H,1-2,7-8,10-11H2,(H2,26,27,28,29,30,31)/b9-6+. The molecule has 1 aromatic carbocycles. The number of nitrogens with one attached hydrogen (secondary N) is 2. The Labute approximate surface area is 182 Å². The van der Waals surface area contributed by atoms with Gasteiger partial charge in [-0.05, 0) is 49.5 Å². The van der Waals surface area contributed by atoms with E-state index in [9.17, 15) is 13.2 Å². The number of anilines is 3. The third kappa shape index (κ3) is 4.74. The molecular formula is C22H22F3N7. The summed E-state index contributed by atoms with van der Waals surface area (Å²) in [6, 6.07) is 7.09. The van der Waals surface area contributed by atoms with Crippen LogP contribution in [0.4, 0.5) is 30.9 Å². The van der Waals surface area contributed by atoms with E-state index >= 15 is 0 Å². The molecule has 10 heteroatoms. The first-order valence-corrected chi connectivity index (χ1v) is 10.6. The van der Waals surface area contributed by atoms with E-state index in [4.69, 9.17) is 0 Å². The van der Waals surface area contributed by atoms with Gasteiger partial charge in [0.25, 0.3) is 0 Å². The van der Waals surface area contributed by atoms with Gasteiger partial charge in [-0.1, -0.05) is 18.2 Å². The molecule has 32 heavy (non-hydrogen) atoms. The zero-order valence-corrected chi connectivity index (χ0v) is 17.2. The summed E-state index contributed by atoms with van der Waals surface area (Å²) in [6.45, 7) is 1.71. The van der Waals surface area contributed by atoms with Crippen LogP contribution in [0.15, 0.2) is 30.3 Å². The molecule has 2 N–H and O–H groups in total. The highest BCUT2D eigenvalue weighted by Gasteiger charge is 2.30. The smallest absolute Gasteiger partial charge is 0.341 e. The minimum atomic E-state index is -4.39. The molecule has 1 aliphatic carbocycles. The second-order valence-electron chi connectivity index (χ2n) is 8.08. The number of alkyl halides is 3. The van der Waals surface area contributed by atoms with Crippen molar-refractivity contribution >= 4 is 29.9 Å². The zero-order valence-electron chi connectivity index (χ0n) is 17.2. The van der Waals surface area contributed by atoms with Crippen LogP contribution in [-0.2, 0) is 6.18 Å². The summed E-state index contributed by atoms with van der Waals surface area (Å²) in [6.07, 6.45) is 3.24. The van der Waals surface area contributed by atoms with Gasteiger partial charge >= 0.3 is 6.18 Å². The van der Waals surface area contributed by atoms with Crippen LogP contribution in [0, 0.1) is 0 Å². The van der Waals surface area contributed by atoms with Crippen LogP contribution in [0.1, 0.15) is 54.2 Å². The van der Waals surface area contributed by atoms with Gasteiger partial charge in [-0.2, -0.15) is 33.2 Å². The highest BCUT2D eigenvalue weighted by atomic mass is 19.4. The summed E-state index contributed by atoms with van der Waals surface area (Å²) < 4.78 is 39.0. The maximum atomic E-state index is 13.0. The van der Waals surface area contributed by atoms with E-state index in [1.165, 1.54) is 6.07 Å². The van der Waals surface area contributed by atoms with Crippen molar-refractivity contribution in [1.29, 1.82) is 0 Å². The number of rotatable bonds is 6. The van der Waals surface area contributed by atoms with Crippen LogP contribution < -0.4 is 10.2 Å². The van der Waals surface area contributed by atoms with E-state index in [2.05, 4.69) is 35.4 Å². The van der Waals surface area contributed by atoms with Gasteiger partial charge in [-0.25, -0.2) is 0 Å². The van der Waals surface area contributed by atoms with Gasteiger partial charge in [0, 0.05) is 30.8 Å². The molecule has 0 amide bonds. The molecule has 2 fully saturated rings. The summed E-state index contributed by atoms with van der Waals surface area (Å²) in [5, 5.41) is 10.4. The van der Waals surface area contributed by atoms with Crippen LogP contribution in [0.2, 0.25) is 0 Å². The lowest BCUT2D eigenvalue weighted by atomic mass is 10.1. The molecule has 3 heterocycles. The Balaban J connectivity index is 1.42. The topological polar surface area (TPSA) is 82.6 Å². The quantitative estimate of drug-likeness (QED) is 0.560. The second kappa shape index (κ2) is 8.25. The largest absolute Gasteiger partial charge is 0.416 e. The first kappa shape index (κ1) is 20.5. The van der Waals surface area contributed by atoms with E-state index in [-0.39, 0.29) is 0 Å². The molecule has 5 rings (SSSR count). The van der Waals surface area contributed by atoms with Gasteiger partial charge in [0.1, 0.15) is 0 Å². The average Bonchev–Trinajstić information content (AvgIpc) is 3.27. The van der Waals surface area contributed by atoms with E-state index in [0.717, 1.165) is 56.6 Å². The molecule has 3 aromatic rings. The van der Waals surface area contributed by atoms with Gasteiger partial charge in [-0.3, -0.25) is 5.10 Å². The Kier molecular flexibility index (Phi) is 5.28. The normalized spacial score (nSPS) is 16.8. The third-order valence-corrected chi connectivity index (χ3v) is 5.52. The lowest BCUT2D eigenvalue weighted by Gasteiger charge is -2.16. The predicted molar refractivity (Wildman–Crippen MR) is 115 cm³/mol. The van der Waals surface area contributed by atoms with Gasteiger partial charge in [0.15, 0.2) is 11.6 Å². The minimum absolute atomic E-state index is 0.347. The summed E-state index contributed by atoms with van der Waals surface area (Å²) in [5.74, 6) is 2.42. The van der Waals surface area contributed by atoms with Crippen molar-refractivity contribution in [3.05, 3.63) is 53.0 Å². The number of halogens is 3. The molecule has 1 aliphatic heterocycles. The van der Waals surface area contributed by atoms with E-state index < -0.39 is 11.7 Å². The Morgan fingerprint density at radius 2 is 1.84 bits per heavy atom. The fourth-order valence-electron chi connectivity index (χ4n) is 3.68. The van der Waals surface area contributed by atoms with Gasteiger partial charge in [-0.15, -0.1) is 0 Å². The van der Waals surface area contributed by atoms with Crippen molar-refractivity contribution in [1.82, 2.24) is 25.1 Å². The number of hydrogen-bond acceptors (Lipinski definition) is 6. The maximum absolute atomic E-state index is 13.0. The molecule has 0 spiro atoms. The molecule has 2 aromatic heterocycles. The molecule has 7 nitrogen and oxygen atoms in total. The molecule has 0 radical (unpaired) electrons. The summed E-state index contributed by atoms with van der Waals surface area (Å²) in [4.78, 5) is 15.6. The van der Waals surface area contributed by atoms with Crippen LogP contribution in [0.5, 0.6) is 0 Å². The Hall–Kier alpha value is -3.43. The Morgan fingerprint density at radius 1 is 1.03 bits per heavy atom. The summed E-state index contributed by atoms with van der Waals surface area (Å²) in [5.41, 5.74) is 0.810. The lowest BCUT2D eigenvalue weighted by Crippen LogP contribution is -2.21. The molecule has 2 aliphatic rings. The van der Waals surface area contributed by atoms with Crippen LogP contribution in [0.25, 0.3) is 12.2 Å². The van der Waals surface area contributed by atoms with Crippen LogP contribution in [-0.4, -0.2) is 38.2 Å². The van der Waals surface area contributed by atoms with Crippen molar-refractivity contribution in [3.8, 4) is 0 Å². The number of benzene rings is 1. The fraction of sp³-hybridized carbons (Fsp3) is 0.364. The van der Waals surface area contributed by atoms with Crippen LogP contribution in [0.3, 0.4) is 0 Å². The Bertz CT molecular complexity index is 1130. The van der Waals surface area contributed by atoms with Gasteiger partial charge in [0.05, 0.1) is 5.56 Å². The lowest BCUT2D eigenvalue weighted by molar-refractivity contribution is -0.137. The minimum Gasteiger partial charge on any atom is -0.341 e. The molecule has 166 valence electrons. The molecular weight excluding hydrogens is 419 g/mol. The first-order valence-electron chi connectivity index (χ1n) is 10.6. The highest BCUT2D eigenvalue weighted by molar-refractivity contribution is 5.68. The average molecular weight is 441 g/mol. The molecule has 1 saturated carbocycles.